The highest BCUT2D eigenvalue weighted by Crippen LogP contribution is 2.14. The zero-order valence-corrected chi connectivity index (χ0v) is 5.37. The molecule has 1 nitrogen and oxygen atoms in total. The quantitative estimate of drug-likeness (QED) is 0.663. The third-order valence-corrected chi connectivity index (χ3v) is 1.26. The predicted octanol–water partition coefficient (Wildman–Crippen LogP) is 1.85. The van der Waals surface area contributed by atoms with Crippen molar-refractivity contribution in [3.05, 3.63) is 42.6 Å². The van der Waals surface area contributed by atoms with E-state index in [1.54, 1.807) is 24.3 Å². The lowest BCUT2D eigenvalue weighted by Gasteiger charge is -2.03. The highest BCUT2D eigenvalue weighted by molar-refractivity contribution is 5.18. The minimum Gasteiger partial charge on any atom is -0.385 e. The van der Waals surface area contributed by atoms with E-state index in [9.17, 15) is 4.39 Å². The molecule has 10 heavy (non-hydrogen) atoms. The molecule has 2 heteroatoms. The number of aliphatic hydroxyl groups excluding tert-OH is 1. The SMILES string of the molecule is OC([CH]F)c1ccccc1. The molecule has 0 heterocycles. The van der Waals surface area contributed by atoms with Gasteiger partial charge in [0.15, 0.2) is 6.67 Å². The first-order valence-corrected chi connectivity index (χ1v) is 3.01. The maximum atomic E-state index is 11.7. The molecule has 0 bridgehead atoms. The summed E-state index contributed by atoms with van der Waals surface area (Å²) in [5, 5.41) is 8.90. The zero-order valence-electron chi connectivity index (χ0n) is 5.37. The van der Waals surface area contributed by atoms with Gasteiger partial charge in [0, 0.05) is 0 Å². The van der Waals surface area contributed by atoms with Gasteiger partial charge in [-0.15, -0.1) is 0 Å². The maximum absolute atomic E-state index is 11.7. The molecule has 53 valence electrons. The van der Waals surface area contributed by atoms with Crippen molar-refractivity contribution >= 4 is 0 Å². The molecule has 1 rings (SSSR count). The van der Waals surface area contributed by atoms with Gasteiger partial charge in [0.1, 0.15) is 6.10 Å². The molecular formula is C8H8FO. The average Bonchev–Trinajstić information content (AvgIpc) is 2.05. The Kier molecular flexibility index (Phi) is 2.40. The highest BCUT2D eigenvalue weighted by atomic mass is 19.1. The first-order chi connectivity index (χ1) is 4.84. The van der Waals surface area contributed by atoms with Crippen molar-refractivity contribution in [2.24, 2.45) is 0 Å². The van der Waals surface area contributed by atoms with E-state index in [4.69, 9.17) is 5.11 Å². The number of rotatable bonds is 2. The molecule has 0 fully saturated rings. The lowest BCUT2D eigenvalue weighted by atomic mass is 10.1. The topological polar surface area (TPSA) is 20.2 Å². The molecule has 0 aromatic heterocycles. The molecule has 0 spiro atoms. The van der Waals surface area contributed by atoms with Crippen molar-refractivity contribution in [2.75, 3.05) is 0 Å². The first-order valence-electron chi connectivity index (χ1n) is 3.01. The summed E-state index contributed by atoms with van der Waals surface area (Å²) in [4.78, 5) is 0. The summed E-state index contributed by atoms with van der Waals surface area (Å²) in [5.74, 6) is 0. The van der Waals surface area contributed by atoms with Crippen molar-refractivity contribution < 1.29 is 9.50 Å². The Hall–Kier alpha value is -0.890. The Balaban J connectivity index is 2.75. The largest absolute Gasteiger partial charge is 0.385 e. The van der Waals surface area contributed by atoms with E-state index in [0.29, 0.717) is 5.56 Å². The maximum Gasteiger partial charge on any atom is 0.164 e. The molecular weight excluding hydrogens is 131 g/mol. The van der Waals surface area contributed by atoms with Gasteiger partial charge >= 0.3 is 0 Å². The van der Waals surface area contributed by atoms with Crippen LogP contribution in [0.25, 0.3) is 0 Å². The Morgan fingerprint density at radius 3 is 2.40 bits per heavy atom. The standard InChI is InChI=1S/C8H8FO/c9-6-8(10)7-4-2-1-3-5-7/h1-6,8,10H. The highest BCUT2D eigenvalue weighted by Gasteiger charge is 2.04. The number of hydrogen-bond donors (Lipinski definition) is 1. The van der Waals surface area contributed by atoms with Crippen molar-refractivity contribution in [3.8, 4) is 0 Å². The Morgan fingerprint density at radius 2 is 1.90 bits per heavy atom. The van der Waals surface area contributed by atoms with Crippen molar-refractivity contribution in [1.29, 1.82) is 0 Å². The van der Waals surface area contributed by atoms with Gasteiger partial charge in [-0.05, 0) is 5.56 Å². The Bertz CT molecular complexity index is 186. The molecule has 0 aliphatic rings. The number of benzene rings is 1. The van der Waals surface area contributed by atoms with Gasteiger partial charge in [-0.2, -0.15) is 0 Å². The van der Waals surface area contributed by atoms with E-state index in [1.165, 1.54) is 0 Å². The number of aliphatic hydroxyl groups is 1. The zero-order chi connectivity index (χ0) is 7.40. The number of halogens is 1. The van der Waals surface area contributed by atoms with E-state index in [0.717, 1.165) is 0 Å². The van der Waals surface area contributed by atoms with Crippen molar-refractivity contribution in [2.45, 2.75) is 6.10 Å². The second-order valence-electron chi connectivity index (χ2n) is 1.98. The molecule has 1 aromatic rings. The van der Waals surface area contributed by atoms with Gasteiger partial charge in [0.05, 0.1) is 0 Å². The van der Waals surface area contributed by atoms with Crippen molar-refractivity contribution in [3.63, 3.8) is 0 Å². The lowest BCUT2D eigenvalue weighted by molar-refractivity contribution is 0.180. The van der Waals surface area contributed by atoms with E-state index < -0.39 is 6.10 Å². The average molecular weight is 139 g/mol. The van der Waals surface area contributed by atoms with Crippen LogP contribution in [-0.4, -0.2) is 5.11 Å². The molecule has 0 aliphatic carbocycles. The van der Waals surface area contributed by atoms with Crippen LogP contribution >= 0.6 is 0 Å². The molecule has 1 radical (unpaired) electrons. The summed E-state index contributed by atoms with van der Waals surface area (Å²) in [6.45, 7) is 0.259. The van der Waals surface area contributed by atoms with Crippen LogP contribution in [-0.2, 0) is 0 Å². The second kappa shape index (κ2) is 3.32. The fourth-order valence-electron chi connectivity index (χ4n) is 0.723. The summed E-state index contributed by atoms with van der Waals surface area (Å²) in [7, 11) is 0. The Labute approximate surface area is 59.1 Å². The fraction of sp³-hybridized carbons (Fsp3) is 0.125. The van der Waals surface area contributed by atoms with Crippen molar-refractivity contribution in [1.82, 2.24) is 0 Å². The van der Waals surface area contributed by atoms with Gasteiger partial charge in [-0.1, -0.05) is 30.3 Å². The van der Waals surface area contributed by atoms with Crippen LogP contribution in [0.1, 0.15) is 11.7 Å². The fourth-order valence-corrected chi connectivity index (χ4v) is 0.723. The monoisotopic (exact) mass is 139 g/mol. The predicted molar refractivity (Wildman–Crippen MR) is 36.8 cm³/mol. The van der Waals surface area contributed by atoms with Crippen LogP contribution < -0.4 is 0 Å². The molecule has 1 unspecified atom stereocenters. The summed E-state index contributed by atoms with van der Waals surface area (Å²) in [6, 6.07) is 8.65. The normalized spacial score (nSPS) is 13.0. The van der Waals surface area contributed by atoms with E-state index in [1.807, 2.05) is 6.07 Å². The molecule has 0 saturated carbocycles. The minimum atomic E-state index is -1.08. The summed E-state index contributed by atoms with van der Waals surface area (Å²) < 4.78 is 11.7. The van der Waals surface area contributed by atoms with Crippen LogP contribution in [0.5, 0.6) is 0 Å². The Morgan fingerprint density at radius 1 is 1.30 bits per heavy atom. The third-order valence-electron chi connectivity index (χ3n) is 1.26. The van der Waals surface area contributed by atoms with Crippen LogP contribution in [0.4, 0.5) is 4.39 Å². The van der Waals surface area contributed by atoms with Gasteiger partial charge in [0.2, 0.25) is 0 Å². The molecule has 1 atom stereocenters. The van der Waals surface area contributed by atoms with Crippen LogP contribution in [0.3, 0.4) is 0 Å². The van der Waals surface area contributed by atoms with E-state index >= 15 is 0 Å². The smallest absolute Gasteiger partial charge is 0.164 e. The van der Waals surface area contributed by atoms with Crippen LogP contribution in [0.2, 0.25) is 0 Å². The summed E-state index contributed by atoms with van der Waals surface area (Å²) >= 11 is 0. The van der Waals surface area contributed by atoms with Gasteiger partial charge in [-0.25, -0.2) is 4.39 Å². The molecule has 1 N–H and O–H groups in total. The molecule has 0 saturated heterocycles. The number of hydrogen-bond acceptors (Lipinski definition) is 1. The summed E-state index contributed by atoms with van der Waals surface area (Å²) in [5.41, 5.74) is 0.574. The van der Waals surface area contributed by atoms with Crippen LogP contribution in [0, 0.1) is 6.67 Å². The van der Waals surface area contributed by atoms with Gasteiger partial charge < -0.3 is 5.11 Å². The van der Waals surface area contributed by atoms with E-state index in [-0.39, 0.29) is 6.67 Å². The molecule has 0 amide bonds. The van der Waals surface area contributed by atoms with Gasteiger partial charge in [0.25, 0.3) is 0 Å². The lowest BCUT2D eigenvalue weighted by Crippen LogP contribution is -1.93. The minimum absolute atomic E-state index is 0.259. The summed E-state index contributed by atoms with van der Waals surface area (Å²) in [6.07, 6.45) is -1.08. The molecule has 1 aromatic carbocycles. The second-order valence-corrected chi connectivity index (χ2v) is 1.98. The first kappa shape index (κ1) is 7.22. The van der Waals surface area contributed by atoms with Gasteiger partial charge in [-0.3, -0.25) is 0 Å². The molecule has 0 aliphatic heterocycles. The van der Waals surface area contributed by atoms with Crippen LogP contribution in [0.15, 0.2) is 30.3 Å². The third kappa shape index (κ3) is 1.54. The van der Waals surface area contributed by atoms with E-state index in [2.05, 4.69) is 0 Å².